The van der Waals surface area contributed by atoms with E-state index in [0.717, 1.165) is 23.7 Å². The third-order valence-electron chi connectivity index (χ3n) is 3.22. The van der Waals surface area contributed by atoms with Crippen molar-refractivity contribution >= 4 is 41.9 Å². The Morgan fingerprint density at radius 1 is 1.28 bits per heavy atom. The maximum absolute atomic E-state index is 12.6. The quantitative estimate of drug-likeness (QED) is 0.762. The van der Waals surface area contributed by atoms with Gasteiger partial charge in [0.05, 0.1) is 4.90 Å². The molecule has 0 saturated carbocycles. The van der Waals surface area contributed by atoms with E-state index < -0.39 is 10.0 Å². The van der Waals surface area contributed by atoms with E-state index in [-0.39, 0.29) is 6.04 Å². The summed E-state index contributed by atoms with van der Waals surface area (Å²) >= 11 is 6.65. The standard InChI is InChI=1S/C12H15Br2NO2S/c1-9-4-2-3-7-15(9)18(16,17)12-8-10(13)5-6-11(12)14/h5-6,8-9H,2-4,7H2,1H3/t9-/m1/s1. The number of rotatable bonds is 2. The zero-order valence-electron chi connectivity index (χ0n) is 10.1. The number of hydrogen-bond donors (Lipinski definition) is 0. The normalized spacial score (nSPS) is 22.1. The Hall–Kier alpha value is 0.0900. The Morgan fingerprint density at radius 3 is 2.67 bits per heavy atom. The van der Waals surface area contributed by atoms with Gasteiger partial charge in [-0.15, -0.1) is 0 Å². The summed E-state index contributed by atoms with van der Waals surface area (Å²) in [5.74, 6) is 0. The lowest BCUT2D eigenvalue weighted by atomic mass is 10.1. The fraction of sp³-hybridized carbons (Fsp3) is 0.500. The van der Waals surface area contributed by atoms with Crippen molar-refractivity contribution in [1.82, 2.24) is 4.31 Å². The molecule has 1 saturated heterocycles. The molecule has 3 nitrogen and oxygen atoms in total. The molecule has 0 unspecified atom stereocenters. The fourth-order valence-corrected chi connectivity index (χ4v) is 5.39. The summed E-state index contributed by atoms with van der Waals surface area (Å²) in [6.45, 7) is 2.59. The summed E-state index contributed by atoms with van der Waals surface area (Å²) in [4.78, 5) is 0.339. The monoisotopic (exact) mass is 395 g/mol. The number of piperidine rings is 1. The largest absolute Gasteiger partial charge is 0.244 e. The van der Waals surface area contributed by atoms with Gasteiger partial charge >= 0.3 is 0 Å². The van der Waals surface area contributed by atoms with Crippen LogP contribution in [0.1, 0.15) is 26.2 Å². The molecule has 0 amide bonds. The van der Waals surface area contributed by atoms with E-state index >= 15 is 0 Å². The summed E-state index contributed by atoms with van der Waals surface area (Å²) in [7, 11) is -3.41. The molecule has 1 aromatic rings. The Bertz CT molecular complexity index is 545. The molecule has 6 heteroatoms. The average molecular weight is 397 g/mol. The van der Waals surface area contributed by atoms with Crippen LogP contribution in [0.5, 0.6) is 0 Å². The van der Waals surface area contributed by atoms with Crippen molar-refractivity contribution < 1.29 is 8.42 Å². The summed E-state index contributed by atoms with van der Waals surface area (Å²) in [5.41, 5.74) is 0. The van der Waals surface area contributed by atoms with Crippen LogP contribution in [0.4, 0.5) is 0 Å². The molecule has 0 bridgehead atoms. The van der Waals surface area contributed by atoms with E-state index in [0.29, 0.717) is 15.9 Å². The summed E-state index contributed by atoms with van der Waals surface area (Å²) < 4.78 is 28.3. The predicted molar refractivity (Wildman–Crippen MR) is 79.0 cm³/mol. The van der Waals surface area contributed by atoms with Gasteiger partial charge in [-0.05, 0) is 53.9 Å². The Morgan fingerprint density at radius 2 is 2.00 bits per heavy atom. The molecular weight excluding hydrogens is 382 g/mol. The summed E-state index contributed by atoms with van der Waals surface area (Å²) in [6, 6.07) is 5.31. The van der Waals surface area contributed by atoms with Crippen LogP contribution in [0.25, 0.3) is 0 Å². The summed E-state index contributed by atoms with van der Waals surface area (Å²) in [5, 5.41) is 0. The maximum atomic E-state index is 12.6. The van der Waals surface area contributed by atoms with Crippen LogP contribution in [-0.4, -0.2) is 25.3 Å². The number of nitrogens with zero attached hydrogens (tertiary/aromatic N) is 1. The zero-order valence-corrected chi connectivity index (χ0v) is 14.1. The van der Waals surface area contributed by atoms with Gasteiger partial charge in [-0.2, -0.15) is 4.31 Å². The minimum atomic E-state index is -3.41. The minimum absolute atomic E-state index is 0.0784. The molecule has 1 aliphatic rings. The molecule has 1 aliphatic heterocycles. The van der Waals surface area contributed by atoms with Crippen molar-refractivity contribution in [2.75, 3.05) is 6.54 Å². The van der Waals surface area contributed by atoms with Gasteiger partial charge < -0.3 is 0 Å². The first kappa shape index (κ1) is 14.5. The van der Waals surface area contributed by atoms with Crippen LogP contribution in [0.3, 0.4) is 0 Å². The van der Waals surface area contributed by atoms with Gasteiger partial charge in [-0.1, -0.05) is 22.4 Å². The lowest BCUT2D eigenvalue weighted by Crippen LogP contribution is -2.42. The van der Waals surface area contributed by atoms with Crippen molar-refractivity contribution in [2.45, 2.75) is 37.1 Å². The maximum Gasteiger partial charge on any atom is 0.244 e. The second kappa shape index (κ2) is 5.61. The lowest BCUT2D eigenvalue weighted by molar-refractivity contribution is 0.268. The highest BCUT2D eigenvalue weighted by atomic mass is 79.9. The molecule has 1 heterocycles. The first-order chi connectivity index (χ1) is 8.43. The molecule has 0 aliphatic carbocycles. The molecule has 2 rings (SSSR count). The first-order valence-corrected chi connectivity index (χ1v) is 8.92. The Kier molecular flexibility index (Phi) is 4.52. The van der Waals surface area contributed by atoms with Crippen LogP contribution in [0, 0.1) is 0 Å². The van der Waals surface area contributed by atoms with E-state index in [9.17, 15) is 8.42 Å². The molecule has 0 N–H and O–H groups in total. The highest BCUT2D eigenvalue weighted by Gasteiger charge is 2.32. The smallest absolute Gasteiger partial charge is 0.207 e. The first-order valence-electron chi connectivity index (χ1n) is 5.90. The zero-order chi connectivity index (χ0) is 13.3. The van der Waals surface area contributed by atoms with Gasteiger partial charge in [-0.25, -0.2) is 8.42 Å². The van der Waals surface area contributed by atoms with Crippen molar-refractivity contribution in [3.63, 3.8) is 0 Å². The van der Waals surface area contributed by atoms with E-state index in [2.05, 4.69) is 31.9 Å². The van der Waals surface area contributed by atoms with Crippen molar-refractivity contribution in [3.8, 4) is 0 Å². The van der Waals surface area contributed by atoms with E-state index in [1.807, 2.05) is 13.0 Å². The number of sulfonamides is 1. The van der Waals surface area contributed by atoms with Gasteiger partial charge in [0.25, 0.3) is 0 Å². The van der Waals surface area contributed by atoms with Crippen LogP contribution < -0.4 is 0 Å². The molecule has 0 radical (unpaired) electrons. The van der Waals surface area contributed by atoms with Crippen LogP contribution in [0.15, 0.2) is 32.0 Å². The molecule has 0 aromatic heterocycles. The third-order valence-corrected chi connectivity index (χ3v) is 6.72. The average Bonchev–Trinajstić information content (AvgIpc) is 2.32. The molecule has 0 spiro atoms. The minimum Gasteiger partial charge on any atom is -0.207 e. The summed E-state index contributed by atoms with van der Waals surface area (Å²) in [6.07, 6.45) is 2.98. The number of halogens is 2. The second-order valence-electron chi connectivity index (χ2n) is 4.54. The van der Waals surface area contributed by atoms with Gasteiger partial charge in [0, 0.05) is 21.5 Å². The molecule has 1 fully saturated rings. The van der Waals surface area contributed by atoms with Crippen LogP contribution in [-0.2, 0) is 10.0 Å². The molecule has 100 valence electrons. The van der Waals surface area contributed by atoms with Crippen molar-refractivity contribution in [2.24, 2.45) is 0 Å². The Balaban J connectivity index is 2.44. The molecule has 18 heavy (non-hydrogen) atoms. The second-order valence-corrected chi connectivity index (χ2v) is 8.16. The van der Waals surface area contributed by atoms with Crippen molar-refractivity contribution in [3.05, 3.63) is 27.1 Å². The predicted octanol–water partition coefficient (Wildman–Crippen LogP) is 3.77. The molecule has 1 atom stereocenters. The highest BCUT2D eigenvalue weighted by Crippen LogP contribution is 2.31. The van der Waals surface area contributed by atoms with E-state index in [4.69, 9.17) is 0 Å². The fourth-order valence-electron chi connectivity index (χ4n) is 2.23. The number of benzene rings is 1. The molecular formula is C12H15Br2NO2S. The highest BCUT2D eigenvalue weighted by molar-refractivity contribution is 9.11. The lowest BCUT2D eigenvalue weighted by Gasteiger charge is -2.32. The Labute approximate surface area is 125 Å². The number of hydrogen-bond acceptors (Lipinski definition) is 2. The van der Waals surface area contributed by atoms with E-state index in [1.54, 1.807) is 16.4 Å². The van der Waals surface area contributed by atoms with Crippen LogP contribution >= 0.6 is 31.9 Å². The third kappa shape index (κ3) is 2.81. The van der Waals surface area contributed by atoms with Gasteiger partial charge in [-0.3, -0.25) is 0 Å². The van der Waals surface area contributed by atoms with Gasteiger partial charge in [0.2, 0.25) is 10.0 Å². The van der Waals surface area contributed by atoms with Crippen LogP contribution in [0.2, 0.25) is 0 Å². The van der Waals surface area contributed by atoms with Gasteiger partial charge in [0.15, 0.2) is 0 Å². The van der Waals surface area contributed by atoms with Crippen molar-refractivity contribution in [1.29, 1.82) is 0 Å². The topological polar surface area (TPSA) is 37.4 Å². The molecule has 1 aromatic carbocycles. The van der Waals surface area contributed by atoms with Gasteiger partial charge in [0.1, 0.15) is 0 Å². The SMILES string of the molecule is C[C@@H]1CCCCN1S(=O)(=O)c1cc(Br)ccc1Br. The van der Waals surface area contributed by atoms with E-state index in [1.165, 1.54) is 0 Å².